The van der Waals surface area contributed by atoms with Crippen LogP contribution in [-0.2, 0) is 11.3 Å². The minimum absolute atomic E-state index is 0.104. The van der Waals surface area contributed by atoms with E-state index in [1.54, 1.807) is 17.5 Å². The molecule has 4 nitrogen and oxygen atoms in total. The summed E-state index contributed by atoms with van der Waals surface area (Å²) >= 11 is 1.56. The highest BCUT2D eigenvalue weighted by atomic mass is 32.1. The molecule has 1 aliphatic rings. The van der Waals surface area contributed by atoms with Gasteiger partial charge in [0.2, 0.25) is 5.91 Å². The molecule has 1 amide bonds. The second-order valence-electron chi connectivity index (χ2n) is 5.28. The van der Waals surface area contributed by atoms with E-state index in [1.807, 2.05) is 5.38 Å². The molecule has 1 aromatic heterocycles. The van der Waals surface area contributed by atoms with Crippen LogP contribution in [0.1, 0.15) is 37.6 Å². The van der Waals surface area contributed by atoms with Gasteiger partial charge >= 0.3 is 0 Å². The molecule has 0 aromatic carbocycles. The largest absolute Gasteiger partial charge is 0.349 e. The predicted octanol–water partition coefficient (Wildman–Crippen LogP) is 1.91. The Kier molecular flexibility index (Phi) is 4.35. The van der Waals surface area contributed by atoms with Crippen molar-refractivity contribution in [1.82, 2.24) is 10.3 Å². The highest BCUT2D eigenvalue weighted by Crippen LogP contribution is 2.38. The van der Waals surface area contributed by atoms with Gasteiger partial charge in [0.05, 0.1) is 12.0 Å². The summed E-state index contributed by atoms with van der Waals surface area (Å²) in [6.07, 6.45) is 5.78. The lowest BCUT2D eigenvalue weighted by molar-refractivity contribution is -0.133. The normalized spacial score (nSPS) is 28.0. The van der Waals surface area contributed by atoms with Gasteiger partial charge in [-0.15, -0.1) is 11.3 Å². The average molecular weight is 267 g/mol. The van der Waals surface area contributed by atoms with Gasteiger partial charge in [0, 0.05) is 18.1 Å². The maximum Gasteiger partial charge on any atom is 0.227 e. The number of carbonyl (C=O) groups is 1. The molecule has 1 saturated carbocycles. The summed E-state index contributed by atoms with van der Waals surface area (Å²) in [5.74, 6) is 0.823. The highest BCUT2D eigenvalue weighted by Gasteiger charge is 2.39. The van der Waals surface area contributed by atoms with Crippen molar-refractivity contribution >= 4 is 17.2 Å². The van der Waals surface area contributed by atoms with Crippen LogP contribution in [0.4, 0.5) is 0 Å². The quantitative estimate of drug-likeness (QED) is 0.875. The van der Waals surface area contributed by atoms with E-state index in [9.17, 15) is 4.79 Å². The van der Waals surface area contributed by atoms with Crippen molar-refractivity contribution in [2.75, 3.05) is 6.54 Å². The van der Waals surface area contributed by atoms with E-state index in [1.165, 1.54) is 0 Å². The van der Waals surface area contributed by atoms with Crippen LogP contribution in [0, 0.1) is 11.3 Å². The van der Waals surface area contributed by atoms with Gasteiger partial charge < -0.3 is 11.1 Å². The summed E-state index contributed by atoms with van der Waals surface area (Å²) in [6.45, 7) is 3.21. The molecule has 1 fully saturated rings. The lowest BCUT2D eigenvalue weighted by Gasteiger charge is -2.37. The molecule has 1 heterocycles. The fourth-order valence-corrected chi connectivity index (χ4v) is 3.08. The lowest BCUT2D eigenvalue weighted by Crippen LogP contribution is -2.47. The molecule has 0 unspecified atom stereocenters. The number of hydrogen-bond donors (Lipinski definition) is 2. The lowest BCUT2D eigenvalue weighted by atomic mass is 9.70. The van der Waals surface area contributed by atoms with E-state index in [2.05, 4.69) is 17.2 Å². The highest BCUT2D eigenvalue weighted by molar-refractivity contribution is 7.09. The third-order valence-corrected chi connectivity index (χ3v) is 4.77. The first kappa shape index (κ1) is 13.5. The van der Waals surface area contributed by atoms with E-state index in [-0.39, 0.29) is 11.3 Å². The van der Waals surface area contributed by atoms with Gasteiger partial charge in [0.1, 0.15) is 5.01 Å². The topological polar surface area (TPSA) is 68.0 Å². The van der Waals surface area contributed by atoms with Crippen LogP contribution >= 0.6 is 11.3 Å². The number of hydrogen-bond acceptors (Lipinski definition) is 4. The third kappa shape index (κ3) is 2.90. The van der Waals surface area contributed by atoms with Crippen LogP contribution in [0.3, 0.4) is 0 Å². The molecule has 0 saturated heterocycles. The molecule has 18 heavy (non-hydrogen) atoms. The number of nitrogens with one attached hydrogen (secondary N) is 1. The standard InChI is InChI=1S/C13H21N3OS/c1-10-2-4-13(9-14,5-3-10)12(17)16-8-11-15-6-7-18-11/h6-7,10H,2-5,8-9,14H2,1H3,(H,16,17). The SMILES string of the molecule is CC1CCC(CN)(C(=O)NCc2nccs2)CC1. The number of thiazole rings is 1. The number of nitrogens with zero attached hydrogens (tertiary/aromatic N) is 1. The van der Waals surface area contributed by atoms with Gasteiger partial charge in [0.25, 0.3) is 0 Å². The summed E-state index contributed by atoms with van der Waals surface area (Å²) in [4.78, 5) is 16.5. The zero-order valence-electron chi connectivity index (χ0n) is 10.8. The van der Waals surface area contributed by atoms with Gasteiger partial charge in [-0.25, -0.2) is 4.98 Å². The Morgan fingerprint density at radius 2 is 2.33 bits per heavy atom. The second kappa shape index (κ2) is 5.80. The molecule has 1 aromatic rings. The Labute approximate surface area is 112 Å². The van der Waals surface area contributed by atoms with Gasteiger partial charge in [-0.3, -0.25) is 4.79 Å². The summed E-state index contributed by atoms with van der Waals surface area (Å²) in [7, 11) is 0. The van der Waals surface area contributed by atoms with Crippen molar-refractivity contribution in [3.05, 3.63) is 16.6 Å². The first-order chi connectivity index (χ1) is 8.66. The van der Waals surface area contributed by atoms with Crippen molar-refractivity contribution in [3.63, 3.8) is 0 Å². The second-order valence-corrected chi connectivity index (χ2v) is 6.25. The smallest absolute Gasteiger partial charge is 0.227 e. The Hall–Kier alpha value is -0.940. The Balaban J connectivity index is 1.93. The zero-order chi connectivity index (χ0) is 13.0. The van der Waals surface area contributed by atoms with E-state index >= 15 is 0 Å². The Morgan fingerprint density at radius 3 is 2.89 bits per heavy atom. The molecular formula is C13H21N3OS. The minimum atomic E-state index is -0.343. The molecule has 3 N–H and O–H groups in total. The molecule has 0 atom stereocenters. The summed E-state index contributed by atoms with van der Waals surface area (Å²) in [5.41, 5.74) is 5.52. The fourth-order valence-electron chi connectivity index (χ4n) is 2.52. The summed E-state index contributed by atoms with van der Waals surface area (Å²) < 4.78 is 0. The third-order valence-electron chi connectivity index (χ3n) is 3.99. The van der Waals surface area contributed by atoms with Gasteiger partial charge in [0.15, 0.2) is 0 Å². The van der Waals surface area contributed by atoms with Crippen LogP contribution < -0.4 is 11.1 Å². The van der Waals surface area contributed by atoms with Crippen LogP contribution in [-0.4, -0.2) is 17.4 Å². The molecule has 1 aliphatic carbocycles. The van der Waals surface area contributed by atoms with E-state index in [0.717, 1.165) is 36.6 Å². The minimum Gasteiger partial charge on any atom is -0.349 e. The van der Waals surface area contributed by atoms with E-state index in [4.69, 9.17) is 5.73 Å². The van der Waals surface area contributed by atoms with Gasteiger partial charge in [-0.05, 0) is 31.6 Å². The first-order valence-electron chi connectivity index (χ1n) is 6.53. The molecular weight excluding hydrogens is 246 g/mol. The molecule has 0 aliphatic heterocycles. The van der Waals surface area contributed by atoms with Crippen molar-refractivity contribution < 1.29 is 4.79 Å². The first-order valence-corrected chi connectivity index (χ1v) is 7.41. The summed E-state index contributed by atoms with van der Waals surface area (Å²) in [6, 6.07) is 0. The summed E-state index contributed by atoms with van der Waals surface area (Å²) in [5, 5.41) is 5.85. The average Bonchev–Trinajstić information content (AvgIpc) is 2.90. The fraction of sp³-hybridized carbons (Fsp3) is 0.692. The van der Waals surface area contributed by atoms with E-state index < -0.39 is 0 Å². The number of aromatic nitrogens is 1. The van der Waals surface area contributed by atoms with Crippen molar-refractivity contribution in [1.29, 1.82) is 0 Å². The van der Waals surface area contributed by atoms with Gasteiger partial charge in [-0.2, -0.15) is 0 Å². The van der Waals surface area contributed by atoms with Gasteiger partial charge in [-0.1, -0.05) is 6.92 Å². The number of carbonyl (C=O) groups excluding carboxylic acids is 1. The van der Waals surface area contributed by atoms with Crippen molar-refractivity contribution in [2.24, 2.45) is 17.1 Å². The zero-order valence-corrected chi connectivity index (χ0v) is 11.6. The predicted molar refractivity (Wildman–Crippen MR) is 73.1 cm³/mol. The molecule has 0 bridgehead atoms. The molecule has 0 radical (unpaired) electrons. The number of amides is 1. The molecule has 2 rings (SSSR count). The Bertz CT molecular complexity index is 383. The van der Waals surface area contributed by atoms with Crippen LogP contribution in [0.15, 0.2) is 11.6 Å². The Morgan fingerprint density at radius 1 is 1.61 bits per heavy atom. The molecule has 5 heteroatoms. The van der Waals surface area contributed by atoms with Crippen LogP contribution in [0.2, 0.25) is 0 Å². The van der Waals surface area contributed by atoms with Crippen LogP contribution in [0.25, 0.3) is 0 Å². The van der Waals surface area contributed by atoms with E-state index in [0.29, 0.717) is 13.1 Å². The monoisotopic (exact) mass is 267 g/mol. The molecule has 0 spiro atoms. The number of nitrogens with two attached hydrogens (primary N) is 1. The van der Waals surface area contributed by atoms with Crippen molar-refractivity contribution in [2.45, 2.75) is 39.2 Å². The molecule has 100 valence electrons. The maximum atomic E-state index is 12.3. The maximum absolute atomic E-state index is 12.3. The number of rotatable bonds is 4. The van der Waals surface area contributed by atoms with Crippen molar-refractivity contribution in [3.8, 4) is 0 Å². The van der Waals surface area contributed by atoms with Crippen LogP contribution in [0.5, 0.6) is 0 Å².